The minimum atomic E-state index is 0.565. The van der Waals surface area contributed by atoms with E-state index in [1.54, 1.807) is 0 Å². The number of hydrogen-bond donors (Lipinski definition) is 1. The number of aromatic nitrogens is 2. The number of rotatable bonds is 8. The summed E-state index contributed by atoms with van der Waals surface area (Å²) in [4.78, 5) is 0. The van der Waals surface area contributed by atoms with Crippen molar-refractivity contribution in [1.82, 2.24) is 15.1 Å². The van der Waals surface area contributed by atoms with Gasteiger partial charge in [0.15, 0.2) is 0 Å². The van der Waals surface area contributed by atoms with Crippen LogP contribution in [-0.2, 0) is 13.5 Å². The topological polar surface area (TPSA) is 29.9 Å². The largest absolute Gasteiger partial charge is 0.314 e. The Morgan fingerprint density at radius 3 is 2.60 bits per heavy atom. The third-order valence-corrected chi connectivity index (χ3v) is 3.88. The van der Waals surface area contributed by atoms with Crippen LogP contribution < -0.4 is 5.32 Å². The lowest BCUT2D eigenvalue weighted by atomic mass is 10.0. The predicted molar refractivity (Wildman–Crippen MR) is 85.8 cm³/mol. The van der Waals surface area contributed by atoms with Crippen molar-refractivity contribution in [3.05, 3.63) is 17.0 Å². The Balaban J connectivity index is 2.57. The van der Waals surface area contributed by atoms with E-state index in [4.69, 9.17) is 0 Å². The van der Waals surface area contributed by atoms with E-state index in [0.717, 1.165) is 25.8 Å². The Hall–Kier alpha value is -1.27. The van der Waals surface area contributed by atoms with Crippen LogP contribution in [-0.4, -0.2) is 22.4 Å². The SMILES string of the molecule is CC#CCCC(CCc1c(C)nn(C)c1C)NCCC. The van der Waals surface area contributed by atoms with Crippen molar-refractivity contribution < 1.29 is 0 Å². The normalized spacial score (nSPS) is 12.1. The first-order chi connectivity index (χ1) is 9.60. The van der Waals surface area contributed by atoms with Gasteiger partial charge in [-0.15, -0.1) is 11.8 Å². The molecule has 0 saturated carbocycles. The van der Waals surface area contributed by atoms with Gasteiger partial charge in [0.2, 0.25) is 0 Å². The number of hydrogen-bond acceptors (Lipinski definition) is 2. The minimum absolute atomic E-state index is 0.565. The van der Waals surface area contributed by atoms with Gasteiger partial charge in [0.25, 0.3) is 0 Å². The van der Waals surface area contributed by atoms with Crippen LogP contribution in [0.25, 0.3) is 0 Å². The van der Waals surface area contributed by atoms with Crippen molar-refractivity contribution in [2.45, 2.75) is 65.8 Å². The van der Waals surface area contributed by atoms with E-state index in [9.17, 15) is 0 Å². The summed E-state index contributed by atoms with van der Waals surface area (Å²) in [5.41, 5.74) is 3.88. The first kappa shape index (κ1) is 16.8. The zero-order valence-corrected chi connectivity index (χ0v) is 13.7. The first-order valence-electron chi connectivity index (χ1n) is 7.72. The van der Waals surface area contributed by atoms with Crippen LogP contribution in [0.5, 0.6) is 0 Å². The summed E-state index contributed by atoms with van der Waals surface area (Å²) in [5.74, 6) is 6.16. The van der Waals surface area contributed by atoms with Crippen molar-refractivity contribution in [1.29, 1.82) is 0 Å². The minimum Gasteiger partial charge on any atom is -0.314 e. The Morgan fingerprint density at radius 1 is 1.30 bits per heavy atom. The molecule has 1 aromatic rings. The highest BCUT2D eigenvalue weighted by Gasteiger charge is 2.12. The molecule has 0 radical (unpaired) electrons. The molecule has 3 nitrogen and oxygen atoms in total. The summed E-state index contributed by atoms with van der Waals surface area (Å²) < 4.78 is 1.99. The third kappa shape index (κ3) is 5.02. The van der Waals surface area contributed by atoms with Gasteiger partial charge >= 0.3 is 0 Å². The molecule has 0 aliphatic carbocycles. The highest BCUT2D eigenvalue weighted by Crippen LogP contribution is 2.16. The highest BCUT2D eigenvalue weighted by atomic mass is 15.3. The molecule has 20 heavy (non-hydrogen) atoms. The van der Waals surface area contributed by atoms with Gasteiger partial charge in [-0.3, -0.25) is 4.68 Å². The molecule has 0 saturated heterocycles. The first-order valence-corrected chi connectivity index (χ1v) is 7.72. The van der Waals surface area contributed by atoms with Crippen LogP contribution in [0.4, 0.5) is 0 Å². The molecule has 1 aromatic heterocycles. The molecule has 0 aromatic carbocycles. The van der Waals surface area contributed by atoms with E-state index in [0.29, 0.717) is 6.04 Å². The second-order valence-corrected chi connectivity index (χ2v) is 5.43. The summed E-state index contributed by atoms with van der Waals surface area (Å²) in [6, 6.07) is 0.565. The van der Waals surface area contributed by atoms with E-state index in [-0.39, 0.29) is 0 Å². The van der Waals surface area contributed by atoms with Crippen molar-refractivity contribution in [2.75, 3.05) is 6.54 Å². The summed E-state index contributed by atoms with van der Waals surface area (Å²) in [7, 11) is 2.02. The molecule has 1 atom stereocenters. The molecule has 1 heterocycles. The van der Waals surface area contributed by atoms with Crippen LogP contribution in [0, 0.1) is 25.7 Å². The number of nitrogens with one attached hydrogen (secondary N) is 1. The number of nitrogens with zero attached hydrogens (tertiary/aromatic N) is 2. The molecule has 0 aliphatic heterocycles. The maximum absolute atomic E-state index is 4.50. The summed E-state index contributed by atoms with van der Waals surface area (Å²) in [6.07, 6.45) is 5.58. The smallest absolute Gasteiger partial charge is 0.0628 e. The van der Waals surface area contributed by atoms with Gasteiger partial charge in [0, 0.05) is 25.2 Å². The molecular weight excluding hydrogens is 246 g/mol. The lowest BCUT2D eigenvalue weighted by Crippen LogP contribution is -2.30. The molecule has 0 amide bonds. The monoisotopic (exact) mass is 275 g/mol. The van der Waals surface area contributed by atoms with Crippen LogP contribution in [0.2, 0.25) is 0 Å². The summed E-state index contributed by atoms with van der Waals surface area (Å²) in [5, 5.41) is 8.15. The average Bonchev–Trinajstić information content (AvgIpc) is 2.67. The van der Waals surface area contributed by atoms with Gasteiger partial charge in [-0.25, -0.2) is 0 Å². The molecule has 3 heteroatoms. The Bertz CT molecular complexity index is 463. The van der Waals surface area contributed by atoms with E-state index < -0.39 is 0 Å². The van der Waals surface area contributed by atoms with Gasteiger partial charge in [0.1, 0.15) is 0 Å². The maximum atomic E-state index is 4.50. The van der Waals surface area contributed by atoms with E-state index in [1.807, 2.05) is 18.7 Å². The van der Waals surface area contributed by atoms with Gasteiger partial charge in [-0.05, 0) is 58.6 Å². The quantitative estimate of drug-likeness (QED) is 0.739. The second-order valence-electron chi connectivity index (χ2n) is 5.43. The fraction of sp³-hybridized carbons (Fsp3) is 0.706. The average molecular weight is 275 g/mol. The van der Waals surface area contributed by atoms with Gasteiger partial charge in [-0.1, -0.05) is 6.92 Å². The van der Waals surface area contributed by atoms with Crippen molar-refractivity contribution in [3.8, 4) is 11.8 Å². The zero-order chi connectivity index (χ0) is 15.0. The van der Waals surface area contributed by atoms with E-state index in [2.05, 4.69) is 43.0 Å². The molecule has 0 bridgehead atoms. The van der Waals surface area contributed by atoms with Gasteiger partial charge in [-0.2, -0.15) is 5.10 Å². The lowest BCUT2D eigenvalue weighted by Gasteiger charge is -2.17. The van der Waals surface area contributed by atoms with Gasteiger partial charge < -0.3 is 5.32 Å². The van der Waals surface area contributed by atoms with Gasteiger partial charge in [0.05, 0.1) is 5.69 Å². The molecule has 1 N–H and O–H groups in total. The Labute approximate surface area is 124 Å². The lowest BCUT2D eigenvalue weighted by molar-refractivity contribution is 0.457. The zero-order valence-electron chi connectivity index (χ0n) is 13.7. The summed E-state index contributed by atoms with van der Waals surface area (Å²) >= 11 is 0. The Kier molecular flexibility index (Phi) is 7.40. The molecule has 0 fully saturated rings. The molecule has 0 aliphatic rings. The van der Waals surface area contributed by atoms with Crippen LogP contribution in [0.1, 0.15) is 56.5 Å². The highest BCUT2D eigenvalue weighted by molar-refractivity contribution is 5.24. The standard InChI is InChI=1S/C17H29N3/c1-6-8-9-10-16(18-13-7-2)11-12-17-14(3)19-20(5)15(17)4/h16,18H,7,9-13H2,1-5H3. The Morgan fingerprint density at radius 2 is 2.05 bits per heavy atom. The molecular formula is C17H29N3. The fourth-order valence-electron chi connectivity index (χ4n) is 2.57. The van der Waals surface area contributed by atoms with E-state index >= 15 is 0 Å². The predicted octanol–water partition coefficient (Wildman–Crippen LogP) is 3.14. The van der Waals surface area contributed by atoms with Crippen molar-refractivity contribution in [2.24, 2.45) is 7.05 Å². The van der Waals surface area contributed by atoms with Crippen molar-refractivity contribution >= 4 is 0 Å². The maximum Gasteiger partial charge on any atom is 0.0628 e. The van der Waals surface area contributed by atoms with Crippen LogP contribution >= 0.6 is 0 Å². The van der Waals surface area contributed by atoms with E-state index in [1.165, 1.54) is 29.8 Å². The molecule has 1 unspecified atom stereocenters. The second kappa shape index (κ2) is 8.81. The fourth-order valence-corrected chi connectivity index (χ4v) is 2.57. The molecule has 1 rings (SSSR count). The third-order valence-electron chi connectivity index (χ3n) is 3.88. The van der Waals surface area contributed by atoms with Crippen molar-refractivity contribution in [3.63, 3.8) is 0 Å². The molecule has 0 spiro atoms. The number of aryl methyl sites for hydroxylation is 2. The molecule has 112 valence electrons. The van der Waals surface area contributed by atoms with Crippen LogP contribution in [0.3, 0.4) is 0 Å². The summed E-state index contributed by atoms with van der Waals surface area (Å²) in [6.45, 7) is 9.49. The van der Waals surface area contributed by atoms with Crippen LogP contribution in [0.15, 0.2) is 0 Å².